The van der Waals surface area contributed by atoms with E-state index in [0.717, 1.165) is 16.8 Å². The average Bonchev–Trinajstić information content (AvgIpc) is 2.87. The van der Waals surface area contributed by atoms with Crippen LogP contribution in [-0.4, -0.2) is 16.6 Å². The van der Waals surface area contributed by atoms with Crippen LogP contribution in [0.15, 0.2) is 42.5 Å². The fourth-order valence-electron chi connectivity index (χ4n) is 2.89. The van der Waals surface area contributed by atoms with Gasteiger partial charge in [-0.2, -0.15) is 0 Å². The van der Waals surface area contributed by atoms with E-state index in [4.69, 9.17) is 0 Å². The summed E-state index contributed by atoms with van der Waals surface area (Å²) in [6, 6.07) is 12.5. The molecule has 1 unspecified atom stereocenters. The van der Waals surface area contributed by atoms with Crippen LogP contribution < -0.4 is 4.90 Å². The largest absolute Gasteiger partial charge is 0.295 e. The van der Waals surface area contributed by atoms with E-state index in [-0.39, 0.29) is 17.0 Å². The Bertz CT molecular complexity index is 771. The molecule has 5 nitrogen and oxygen atoms in total. The second-order valence-corrected chi connectivity index (χ2v) is 6.66. The van der Waals surface area contributed by atoms with E-state index in [1.54, 1.807) is 23.1 Å². The minimum atomic E-state index is -0.391. The lowest BCUT2D eigenvalue weighted by Gasteiger charge is -2.25. The van der Waals surface area contributed by atoms with E-state index in [2.05, 4.69) is 0 Å². The minimum Gasteiger partial charge on any atom is -0.295 e. The summed E-state index contributed by atoms with van der Waals surface area (Å²) in [5, 5.41) is 10.9. The van der Waals surface area contributed by atoms with E-state index in [0.29, 0.717) is 11.3 Å². The molecular formula is C17H16N2O3S. The third-order valence-electron chi connectivity index (χ3n) is 3.75. The summed E-state index contributed by atoms with van der Waals surface area (Å²) in [5.74, 6) is 0.298. The van der Waals surface area contributed by atoms with Gasteiger partial charge in [-0.15, -0.1) is 11.8 Å². The van der Waals surface area contributed by atoms with Crippen LogP contribution in [-0.2, 0) is 4.79 Å². The van der Waals surface area contributed by atoms with Crippen molar-refractivity contribution < 1.29 is 9.72 Å². The lowest BCUT2D eigenvalue weighted by Crippen LogP contribution is -2.28. The van der Waals surface area contributed by atoms with Crippen molar-refractivity contribution >= 4 is 29.0 Å². The molecule has 1 fully saturated rings. The molecule has 2 aromatic carbocycles. The predicted molar refractivity (Wildman–Crippen MR) is 91.7 cm³/mol. The smallest absolute Gasteiger partial charge is 0.275 e. The first-order chi connectivity index (χ1) is 11.0. The number of nitrogens with zero attached hydrogens (tertiary/aromatic N) is 2. The Kier molecular flexibility index (Phi) is 4.09. The van der Waals surface area contributed by atoms with Crippen molar-refractivity contribution in [1.82, 2.24) is 0 Å². The van der Waals surface area contributed by atoms with Crippen LogP contribution in [0.3, 0.4) is 0 Å². The van der Waals surface area contributed by atoms with Gasteiger partial charge in [-0.3, -0.25) is 19.8 Å². The molecule has 1 amide bonds. The number of amides is 1. The maximum atomic E-state index is 12.4. The maximum absolute atomic E-state index is 12.4. The van der Waals surface area contributed by atoms with Gasteiger partial charge < -0.3 is 0 Å². The van der Waals surface area contributed by atoms with Gasteiger partial charge in [0.15, 0.2) is 0 Å². The highest BCUT2D eigenvalue weighted by Gasteiger charge is 2.37. The predicted octanol–water partition coefficient (Wildman–Crippen LogP) is 3.99. The number of carbonyl (C=O) groups is 1. The summed E-state index contributed by atoms with van der Waals surface area (Å²) in [7, 11) is 0. The first kappa shape index (κ1) is 15.6. The van der Waals surface area contributed by atoms with Gasteiger partial charge in [-0.05, 0) is 43.2 Å². The Morgan fingerprint density at radius 2 is 1.83 bits per heavy atom. The van der Waals surface area contributed by atoms with Gasteiger partial charge in [0.2, 0.25) is 5.91 Å². The number of nitro benzene ring substituents is 1. The summed E-state index contributed by atoms with van der Waals surface area (Å²) in [6.45, 7) is 3.95. The van der Waals surface area contributed by atoms with Gasteiger partial charge in [0, 0.05) is 11.8 Å². The lowest BCUT2D eigenvalue weighted by molar-refractivity contribution is -0.385. The van der Waals surface area contributed by atoms with Crippen LogP contribution in [0.25, 0.3) is 0 Å². The molecule has 0 saturated carbocycles. The second kappa shape index (κ2) is 6.04. The van der Waals surface area contributed by atoms with E-state index in [1.165, 1.54) is 17.8 Å². The average molecular weight is 328 g/mol. The number of nitro groups is 1. The fourth-order valence-corrected chi connectivity index (χ4v) is 4.09. The standard InChI is InChI=1S/C17H16N2O3S/c1-11-7-12(2)9-13(8-11)18-16(20)10-23-17(18)14-5-3-4-6-15(14)19(21)22/h3-9,17H,10H2,1-2H3. The van der Waals surface area contributed by atoms with Gasteiger partial charge in [0.05, 0.1) is 16.2 Å². The molecule has 0 aromatic heterocycles. The highest BCUT2D eigenvalue weighted by atomic mass is 32.2. The number of hydrogen-bond donors (Lipinski definition) is 0. The fraction of sp³-hybridized carbons (Fsp3) is 0.235. The zero-order valence-electron chi connectivity index (χ0n) is 12.9. The SMILES string of the molecule is Cc1cc(C)cc(N2C(=O)CSC2c2ccccc2[N+](=O)[O-])c1. The summed E-state index contributed by atoms with van der Waals surface area (Å²) in [4.78, 5) is 25.0. The molecule has 23 heavy (non-hydrogen) atoms. The Hall–Kier alpha value is -2.34. The monoisotopic (exact) mass is 328 g/mol. The number of thioether (sulfide) groups is 1. The molecule has 0 radical (unpaired) electrons. The van der Waals surface area contributed by atoms with Crippen molar-refractivity contribution in [2.75, 3.05) is 10.7 Å². The lowest BCUT2D eigenvalue weighted by atomic mass is 10.1. The van der Waals surface area contributed by atoms with Crippen LogP contribution in [0.4, 0.5) is 11.4 Å². The van der Waals surface area contributed by atoms with Crippen molar-refractivity contribution in [3.05, 3.63) is 69.3 Å². The number of hydrogen-bond acceptors (Lipinski definition) is 4. The molecule has 0 N–H and O–H groups in total. The number of carbonyl (C=O) groups excluding carboxylic acids is 1. The van der Waals surface area contributed by atoms with Crippen LogP contribution in [0, 0.1) is 24.0 Å². The van der Waals surface area contributed by atoms with Gasteiger partial charge in [-0.25, -0.2) is 0 Å². The Morgan fingerprint density at radius 3 is 2.48 bits per heavy atom. The topological polar surface area (TPSA) is 63.5 Å². The van der Waals surface area contributed by atoms with Gasteiger partial charge >= 0.3 is 0 Å². The normalized spacial score (nSPS) is 17.6. The highest BCUT2D eigenvalue weighted by molar-refractivity contribution is 8.00. The zero-order valence-corrected chi connectivity index (χ0v) is 13.7. The summed E-state index contributed by atoms with van der Waals surface area (Å²) in [5.41, 5.74) is 3.53. The van der Waals surface area contributed by atoms with E-state index < -0.39 is 4.92 Å². The van der Waals surface area contributed by atoms with Crippen LogP contribution >= 0.6 is 11.8 Å². The third-order valence-corrected chi connectivity index (χ3v) is 4.95. The van der Waals surface area contributed by atoms with Gasteiger partial charge in [0.1, 0.15) is 5.37 Å². The molecule has 6 heteroatoms. The molecule has 1 aliphatic heterocycles. The summed E-state index contributed by atoms with van der Waals surface area (Å²) in [6.07, 6.45) is 0. The third kappa shape index (κ3) is 2.94. The summed E-state index contributed by atoms with van der Waals surface area (Å²) >= 11 is 1.42. The molecule has 1 atom stereocenters. The van der Waals surface area contributed by atoms with Crippen molar-refractivity contribution in [3.63, 3.8) is 0 Å². The quantitative estimate of drug-likeness (QED) is 0.631. The molecule has 1 aliphatic rings. The Morgan fingerprint density at radius 1 is 1.17 bits per heavy atom. The van der Waals surface area contributed by atoms with Crippen molar-refractivity contribution in [2.45, 2.75) is 19.2 Å². The molecule has 118 valence electrons. The van der Waals surface area contributed by atoms with Crippen LogP contribution in [0.2, 0.25) is 0 Å². The van der Waals surface area contributed by atoms with E-state index in [1.807, 2.05) is 32.0 Å². The first-order valence-electron chi connectivity index (χ1n) is 7.22. The molecule has 3 rings (SSSR count). The minimum absolute atomic E-state index is 0.0249. The van der Waals surface area contributed by atoms with Crippen LogP contribution in [0.5, 0.6) is 0 Å². The molecule has 0 bridgehead atoms. The molecule has 0 aliphatic carbocycles. The second-order valence-electron chi connectivity index (χ2n) is 5.59. The zero-order chi connectivity index (χ0) is 16.6. The van der Waals surface area contributed by atoms with Crippen molar-refractivity contribution in [1.29, 1.82) is 0 Å². The number of para-hydroxylation sites is 1. The molecule has 1 saturated heterocycles. The maximum Gasteiger partial charge on any atom is 0.275 e. The van der Waals surface area contributed by atoms with Crippen LogP contribution in [0.1, 0.15) is 22.1 Å². The summed E-state index contributed by atoms with van der Waals surface area (Å²) < 4.78 is 0. The molecule has 1 heterocycles. The van der Waals surface area contributed by atoms with Crippen molar-refractivity contribution in [2.24, 2.45) is 0 Å². The molecular weight excluding hydrogens is 312 g/mol. The van der Waals surface area contributed by atoms with E-state index in [9.17, 15) is 14.9 Å². The molecule has 0 spiro atoms. The van der Waals surface area contributed by atoms with Gasteiger partial charge in [-0.1, -0.05) is 18.2 Å². The van der Waals surface area contributed by atoms with Crippen molar-refractivity contribution in [3.8, 4) is 0 Å². The highest BCUT2D eigenvalue weighted by Crippen LogP contribution is 2.44. The Labute approximate surface area is 138 Å². The number of anilines is 1. The number of benzene rings is 2. The molecule has 2 aromatic rings. The first-order valence-corrected chi connectivity index (χ1v) is 8.27. The Balaban J connectivity index is 2.09. The van der Waals surface area contributed by atoms with Gasteiger partial charge in [0.25, 0.3) is 5.69 Å². The van der Waals surface area contributed by atoms with E-state index >= 15 is 0 Å². The number of rotatable bonds is 3. The number of aryl methyl sites for hydroxylation is 2.